The third-order valence-corrected chi connectivity index (χ3v) is 7.53. The van der Waals surface area contributed by atoms with Crippen molar-refractivity contribution < 1.29 is 9.47 Å². The minimum absolute atomic E-state index is 0.115. The minimum atomic E-state index is 0.115. The van der Waals surface area contributed by atoms with Crippen molar-refractivity contribution in [3.8, 4) is 22.6 Å². The van der Waals surface area contributed by atoms with Crippen LogP contribution in [0, 0.1) is 6.92 Å². The van der Waals surface area contributed by atoms with Gasteiger partial charge in [0.25, 0.3) is 0 Å². The molecule has 1 fully saturated rings. The van der Waals surface area contributed by atoms with Crippen LogP contribution in [0.5, 0.6) is 11.5 Å². The first-order valence-corrected chi connectivity index (χ1v) is 12.7. The van der Waals surface area contributed by atoms with Crippen molar-refractivity contribution in [3.05, 3.63) is 70.6 Å². The molecule has 1 N–H and O–H groups in total. The van der Waals surface area contributed by atoms with Gasteiger partial charge in [0.1, 0.15) is 0 Å². The van der Waals surface area contributed by atoms with Gasteiger partial charge in [-0.1, -0.05) is 23.7 Å². The number of methoxy groups -OCH3 is 2. The van der Waals surface area contributed by atoms with Crippen LogP contribution in [0.1, 0.15) is 29.8 Å². The summed E-state index contributed by atoms with van der Waals surface area (Å²) in [6.07, 6.45) is 3.63. The Morgan fingerprint density at radius 1 is 1.08 bits per heavy atom. The summed E-state index contributed by atoms with van der Waals surface area (Å²) < 4.78 is 13.9. The highest BCUT2D eigenvalue weighted by atomic mass is 35.5. The molecule has 3 heterocycles. The summed E-state index contributed by atoms with van der Waals surface area (Å²) in [7, 11) is 3.36. The molecule has 5 rings (SSSR count). The zero-order chi connectivity index (χ0) is 25.2. The van der Waals surface area contributed by atoms with Crippen LogP contribution in [-0.2, 0) is 6.54 Å². The molecule has 0 spiro atoms. The normalized spacial score (nSPS) is 15.2. The number of aromatic nitrogens is 3. The summed E-state index contributed by atoms with van der Waals surface area (Å²) in [5.41, 5.74) is 6.12. The van der Waals surface area contributed by atoms with Gasteiger partial charge in [-0.15, -0.1) is 0 Å². The van der Waals surface area contributed by atoms with E-state index in [0.717, 1.165) is 65.0 Å². The Morgan fingerprint density at radius 2 is 1.83 bits per heavy atom. The molecule has 2 aromatic carbocycles. The van der Waals surface area contributed by atoms with Crippen molar-refractivity contribution in [2.75, 3.05) is 40.4 Å². The van der Waals surface area contributed by atoms with Crippen LogP contribution in [0.15, 0.2) is 48.8 Å². The number of nitrogens with zero attached hydrogens (tertiary/aromatic N) is 4. The van der Waals surface area contributed by atoms with E-state index in [-0.39, 0.29) is 6.04 Å². The second-order valence-corrected chi connectivity index (χ2v) is 9.56. The molecule has 0 bridgehead atoms. The highest BCUT2D eigenvalue weighted by Gasteiger charge is 2.29. The molecule has 2 aromatic heterocycles. The van der Waals surface area contributed by atoms with E-state index in [1.165, 1.54) is 0 Å². The number of fused-ring (bicyclic) bond motifs is 1. The van der Waals surface area contributed by atoms with Gasteiger partial charge >= 0.3 is 0 Å². The van der Waals surface area contributed by atoms with Gasteiger partial charge in [0.15, 0.2) is 11.5 Å². The maximum atomic E-state index is 6.61. The van der Waals surface area contributed by atoms with E-state index in [2.05, 4.69) is 32.9 Å². The Morgan fingerprint density at radius 3 is 2.53 bits per heavy atom. The highest BCUT2D eigenvalue weighted by Crippen LogP contribution is 2.48. The van der Waals surface area contributed by atoms with E-state index in [4.69, 9.17) is 26.2 Å². The van der Waals surface area contributed by atoms with E-state index in [0.29, 0.717) is 23.1 Å². The average molecular weight is 506 g/mol. The monoisotopic (exact) mass is 505 g/mol. The fourth-order valence-electron chi connectivity index (χ4n) is 5.13. The maximum Gasteiger partial charge on any atom is 0.169 e. The fourth-order valence-corrected chi connectivity index (χ4v) is 5.30. The van der Waals surface area contributed by atoms with Crippen molar-refractivity contribution in [2.24, 2.45) is 0 Å². The predicted octanol–water partition coefficient (Wildman–Crippen LogP) is 5.09. The smallest absolute Gasteiger partial charge is 0.169 e. The molecule has 1 aliphatic heterocycles. The lowest BCUT2D eigenvalue weighted by Gasteiger charge is -2.32. The van der Waals surface area contributed by atoms with Gasteiger partial charge in [0.05, 0.1) is 38.0 Å². The lowest BCUT2D eigenvalue weighted by atomic mass is 9.93. The van der Waals surface area contributed by atoms with Crippen molar-refractivity contribution in [3.63, 3.8) is 0 Å². The standard InChI is InChI=1S/C28H32ClN5O2/c1-18-21(6-5-7-22(18)29)25-26-23(16-24(35-3)28(25)36-4)34(17-20-8-10-30-11-9-20)32-27(26)19(2)33-14-12-31-13-15-33/h5-11,16,19,31H,12-15,17H2,1-4H3. The lowest BCUT2D eigenvalue weighted by Crippen LogP contribution is -2.44. The van der Waals surface area contributed by atoms with Gasteiger partial charge in [-0.25, -0.2) is 0 Å². The van der Waals surface area contributed by atoms with Gasteiger partial charge in [0, 0.05) is 60.6 Å². The fraction of sp³-hybridized carbons (Fsp3) is 0.357. The number of hydrogen-bond acceptors (Lipinski definition) is 6. The highest BCUT2D eigenvalue weighted by molar-refractivity contribution is 6.31. The largest absolute Gasteiger partial charge is 0.493 e. The van der Waals surface area contributed by atoms with Crippen molar-refractivity contribution in [1.29, 1.82) is 0 Å². The first-order valence-electron chi connectivity index (χ1n) is 12.3. The molecule has 1 unspecified atom stereocenters. The molecule has 0 saturated carbocycles. The number of benzene rings is 2. The van der Waals surface area contributed by atoms with Crippen LogP contribution in [0.2, 0.25) is 5.02 Å². The molecular formula is C28H32ClN5O2. The molecule has 0 amide bonds. The van der Waals surface area contributed by atoms with Crippen LogP contribution in [0.25, 0.3) is 22.0 Å². The van der Waals surface area contributed by atoms with Crippen LogP contribution in [-0.4, -0.2) is 60.1 Å². The van der Waals surface area contributed by atoms with E-state index in [1.54, 1.807) is 14.2 Å². The number of pyridine rings is 1. The Labute approximate surface area is 217 Å². The summed E-state index contributed by atoms with van der Waals surface area (Å²) in [4.78, 5) is 6.66. The average Bonchev–Trinajstić information content (AvgIpc) is 3.27. The van der Waals surface area contributed by atoms with E-state index in [1.807, 2.05) is 49.6 Å². The third kappa shape index (κ3) is 4.43. The molecule has 4 aromatic rings. The van der Waals surface area contributed by atoms with Gasteiger partial charge < -0.3 is 14.8 Å². The number of ether oxygens (including phenoxy) is 2. The number of halogens is 1. The molecule has 1 saturated heterocycles. The SMILES string of the molecule is COc1cc2c(c(C(C)N3CCNCC3)nn2Cc2ccncc2)c(-c2cccc(Cl)c2C)c1OC. The first-order chi connectivity index (χ1) is 17.5. The minimum Gasteiger partial charge on any atom is -0.493 e. The molecule has 36 heavy (non-hydrogen) atoms. The second kappa shape index (κ2) is 10.5. The quantitative estimate of drug-likeness (QED) is 0.377. The van der Waals surface area contributed by atoms with Crippen LogP contribution in [0.4, 0.5) is 0 Å². The summed E-state index contributed by atoms with van der Waals surface area (Å²) in [6, 6.07) is 12.2. The summed E-state index contributed by atoms with van der Waals surface area (Å²) >= 11 is 6.61. The number of hydrogen-bond donors (Lipinski definition) is 1. The van der Waals surface area contributed by atoms with Gasteiger partial charge in [-0.3, -0.25) is 14.6 Å². The Hall–Kier alpha value is -3.13. The molecule has 7 nitrogen and oxygen atoms in total. The van der Waals surface area contributed by atoms with Crippen LogP contribution >= 0.6 is 11.6 Å². The van der Waals surface area contributed by atoms with Gasteiger partial charge in [0.2, 0.25) is 0 Å². The van der Waals surface area contributed by atoms with Crippen molar-refractivity contribution in [2.45, 2.75) is 26.4 Å². The third-order valence-electron chi connectivity index (χ3n) is 7.13. The second-order valence-electron chi connectivity index (χ2n) is 9.15. The summed E-state index contributed by atoms with van der Waals surface area (Å²) in [5, 5.41) is 10.5. The molecule has 0 radical (unpaired) electrons. The first kappa shape index (κ1) is 24.6. The molecule has 8 heteroatoms. The van der Waals surface area contributed by atoms with Crippen LogP contribution < -0.4 is 14.8 Å². The molecule has 1 aliphatic rings. The van der Waals surface area contributed by atoms with E-state index >= 15 is 0 Å². The number of piperazine rings is 1. The maximum absolute atomic E-state index is 6.61. The Bertz CT molecular complexity index is 1370. The lowest BCUT2D eigenvalue weighted by molar-refractivity contribution is 0.183. The summed E-state index contributed by atoms with van der Waals surface area (Å²) in [5.74, 6) is 1.35. The van der Waals surface area contributed by atoms with E-state index in [9.17, 15) is 0 Å². The van der Waals surface area contributed by atoms with Crippen molar-refractivity contribution >= 4 is 22.5 Å². The molecular weight excluding hydrogens is 474 g/mol. The number of rotatable bonds is 7. The Kier molecular flexibility index (Phi) is 7.14. The predicted molar refractivity (Wildman–Crippen MR) is 144 cm³/mol. The van der Waals surface area contributed by atoms with Crippen LogP contribution in [0.3, 0.4) is 0 Å². The Balaban J connectivity index is 1.82. The molecule has 0 aliphatic carbocycles. The van der Waals surface area contributed by atoms with E-state index < -0.39 is 0 Å². The van der Waals surface area contributed by atoms with Gasteiger partial charge in [-0.2, -0.15) is 5.10 Å². The zero-order valence-electron chi connectivity index (χ0n) is 21.2. The molecule has 188 valence electrons. The molecule has 1 atom stereocenters. The number of nitrogens with one attached hydrogen (secondary N) is 1. The van der Waals surface area contributed by atoms with Crippen molar-refractivity contribution in [1.82, 2.24) is 25.0 Å². The topological polar surface area (TPSA) is 64.4 Å². The summed E-state index contributed by atoms with van der Waals surface area (Å²) in [6.45, 7) is 8.79. The zero-order valence-corrected chi connectivity index (χ0v) is 22.0. The van der Waals surface area contributed by atoms with Gasteiger partial charge in [-0.05, 0) is 48.7 Å².